The molecule has 0 atom stereocenters. The maximum Gasteiger partial charge on any atom is 0.223 e. The second-order valence-corrected chi connectivity index (χ2v) is 9.28. The Morgan fingerprint density at radius 1 is 1.32 bits per heavy atom. The van der Waals surface area contributed by atoms with E-state index in [9.17, 15) is 9.90 Å². The van der Waals surface area contributed by atoms with Crippen molar-refractivity contribution < 1.29 is 14.6 Å². The molecule has 0 spiro atoms. The Bertz CT molecular complexity index is 698. The molecule has 0 radical (unpaired) electrons. The summed E-state index contributed by atoms with van der Waals surface area (Å²) in [6, 6.07) is 6.01. The van der Waals surface area contributed by atoms with Gasteiger partial charge in [-0.15, -0.1) is 6.58 Å². The molecule has 0 unspecified atom stereocenters. The minimum atomic E-state index is -0.627. The summed E-state index contributed by atoms with van der Waals surface area (Å²) in [5.41, 5.74) is 0.488. The number of nitrogens with one attached hydrogen (secondary N) is 1. The van der Waals surface area contributed by atoms with Crippen LogP contribution in [0.4, 0.5) is 0 Å². The van der Waals surface area contributed by atoms with E-state index in [0.717, 1.165) is 50.5 Å². The molecular weight excluding hydrogens is 374 g/mol. The fraction of sp³-hybridized carbons (Fsp3) is 0.609. The highest BCUT2D eigenvalue weighted by molar-refractivity contribution is 6.32. The molecule has 0 aromatic heterocycles. The minimum Gasteiger partial charge on any atom is -0.489 e. The van der Waals surface area contributed by atoms with E-state index in [-0.39, 0.29) is 24.0 Å². The van der Waals surface area contributed by atoms with Gasteiger partial charge in [0.1, 0.15) is 11.9 Å². The molecule has 2 fully saturated rings. The molecule has 0 aliphatic heterocycles. The molecule has 28 heavy (non-hydrogen) atoms. The van der Waals surface area contributed by atoms with Crippen molar-refractivity contribution in [1.29, 1.82) is 0 Å². The van der Waals surface area contributed by atoms with E-state index < -0.39 is 5.60 Å². The van der Waals surface area contributed by atoms with Gasteiger partial charge in [-0.3, -0.25) is 4.79 Å². The minimum absolute atomic E-state index is 0.0205. The maximum absolute atomic E-state index is 12.5. The number of carbonyl (C=O) groups is 1. The van der Waals surface area contributed by atoms with Crippen LogP contribution in [0.5, 0.6) is 5.75 Å². The quantitative estimate of drug-likeness (QED) is 0.648. The fourth-order valence-corrected chi connectivity index (χ4v) is 4.41. The highest BCUT2D eigenvalue weighted by atomic mass is 35.5. The van der Waals surface area contributed by atoms with Crippen LogP contribution in [0.1, 0.15) is 57.9 Å². The lowest BCUT2D eigenvalue weighted by Crippen LogP contribution is -2.48. The summed E-state index contributed by atoms with van der Waals surface area (Å²) in [5.74, 6) is 1.17. The largest absolute Gasteiger partial charge is 0.489 e. The molecule has 1 aromatic rings. The van der Waals surface area contributed by atoms with Gasteiger partial charge in [-0.2, -0.15) is 0 Å². The van der Waals surface area contributed by atoms with Gasteiger partial charge >= 0.3 is 0 Å². The van der Waals surface area contributed by atoms with Crippen LogP contribution in [-0.4, -0.2) is 28.8 Å². The number of hydrogen-bond donors (Lipinski definition) is 2. The topological polar surface area (TPSA) is 58.6 Å². The molecule has 2 aliphatic rings. The van der Waals surface area contributed by atoms with Gasteiger partial charge in [0.2, 0.25) is 5.91 Å². The van der Waals surface area contributed by atoms with Crippen LogP contribution < -0.4 is 10.1 Å². The Morgan fingerprint density at radius 2 is 2.00 bits per heavy atom. The predicted octanol–water partition coefficient (Wildman–Crippen LogP) is 4.67. The van der Waals surface area contributed by atoms with Crippen LogP contribution >= 0.6 is 11.6 Å². The molecule has 3 rings (SSSR count). The molecule has 0 saturated heterocycles. The van der Waals surface area contributed by atoms with E-state index in [1.807, 2.05) is 38.1 Å². The van der Waals surface area contributed by atoms with Crippen molar-refractivity contribution in [3.63, 3.8) is 0 Å². The summed E-state index contributed by atoms with van der Waals surface area (Å²) in [4.78, 5) is 12.5. The number of allylic oxidation sites excluding steroid dienone is 1. The summed E-state index contributed by atoms with van der Waals surface area (Å²) in [6.45, 7) is 7.52. The molecule has 154 valence electrons. The third-order valence-electron chi connectivity index (χ3n) is 6.21. The first-order valence-corrected chi connectivity index (χ1v) is 10.7. The fourth-order valence-electron chi connectivity index (χ4n) is 4.25. The molecule has 1 aromatic carbocycles. The van der Waals surface area contributed by atoms with Crippen molar-refractivity contribution in [1.82, 2.24) is 5.32 Å². The van der Waals surface area contributed by atoms with Crippen LogP contribution in [0.15, 0.2) is 30.9 Å². The Kier molecular flexibility index (Phi) is 6.72. The summed E-state index contributed by atoms with van der Waals surface area (Å²) in [5, 5.41) is 13.9. The second kappa shape index (κ2) is 8.87. The molecule has 2 saturated carbocycles. The van der Waals surface area contributed by atoms with Crippen molar-refractivity contribution in [3.05, 3.63) is 41.4 Å². The Balaban J connectivity index is 1.42. The lowest BCUT2D eigenvalue weighted by Gasteiger charge is -2.38. The van der Waals surface area contributed by atoms with E-state index in [1.54, 1.807) is 0 Å². The Labute approximate surface area is 173 Å². The van der Waals surface area contributed by atoms with Gasteiger partial charge in [0, 0.05) is 12.0 Å². The Hall–Kier alpha value is -1.52. The Morgan fingerprint density at radius 3 is 2.61 bits per heavy atom. The second-order valence-electron chi connectivity index (χ2n) is 8.88. The van der Waals surface area contributed by atoms with Crippen molar-refractivity contribution >= 4 is 17.5 Å². The zero-order chi connectivity index (χ0) is 20.3. The number of halogens is 1. The summed E-state index contributed by atoms with van der Waals surface area (Å²) < 4.78 is 6.02. The summed E-state index contributed by atoms with van der Waals surface area (Å²) in [7, 11) is 0. The number of benzene rings is 1. The molecule has 0 heterocycles. The van der Waals surface area contributed by atoms with Crippen LogP contribution in [-0.2, 0) is 11.2 Å². The summed E-state index contributed by atoms with van der Waals surface area (Å²) >= 11 is 6.25. The zero-order valence-corrected chi connectivity index (χ0v) is 17.7. The van der Waals surface area contributed by atoms with Crippen LogP contribution in [0.25, 0.3) is 0 Å². The highest BCUT2D eigenvalue weighted by Crippen LogP contribution is 2.36. The van der Waals surface area contributed by atoms with Gasteiger partial charge in [0.15, 0.2) is 0 Å². The highest BCUT2D eigenvalue weighted by Gasteiger charge is 2.38. The van der Waals surface area contributed by atoms with Crippen molar-refractivity contribution in [2.24, 2.45) is 11.8 Å². The molecule has 4 nitrogen and oxygen atoms in total. The van der Waals surface area contributed by atoms with Crippen LogP contribution in [0, 0.1) is 11.8 Å². The van der Waals surface area contributed by atoms with Crippen molar-refractivity contribution in [3.8, 4) is 5.75 Å². The number of ether oxygens (including phenoxy) is 1. The first-order chi connectivity index (χ1) is 13.3. The van der Waals surface area contributed by atoms with Gasteiger partial charge in [0.25, 0.3) is 0 Å². The molecular formula is C23H32ClNO3. The van der Waals surface area contributed by atoms with Gasteiger partial charge < -0.3 is 15.2 Å². The number of carbonyl (C=O) groups excluding carboxylic acids is 1. The van der Waals surface area contributed by atoms with Crippen LogP contribution in [0.3, 0.4) is 0 Å². The van der Waals surface area contributed by atoms with E-state index in [4.69, 9.17) is 16.3 Å². The molecule has 5 heteroatoms. The predicted molar refractivity (Wildman–Crippen MR) is 113 cm³/mol. The van der Waals surface area contributed by atoms with E-state index in [2.05, 4.69) is 11.9 Å². The van der Waals surface area contributed by atoms with Crippen molar-refractivity contribution in [2.45, 2.75) is 76.5 Å². The van der Waals surface area contributed by atoms with Gasteiger partial charge in [-0.1, -0.05) is 23.7 Å². The first-order valence-electron chi connectivity index (χ1n) is 10.3. The average molecular weight is 406 g/mol. The molecule has 2 aliphatic carbocycles. The number of hydrogen-bond acceptors (Lipinski definition) is 3. The SMILES string of the molecule is C=CCc1ccc(Cl)c(O[C@H]2C[C@H](C(=O)N[C@H]3CC[C@H](C(C)(C)O)CC3)C2)c1. The lowest BCUT2D eigenvalue weighted by atomic mass is 9.76. The molecule has 1 amide bonds. The number of amides is 1. The number of aliphatic hydroxyl groups is 1. The zero-order valence-electron chi connectivity index (χ0n) is 16.9. The maximum atomic E-state index is 12.5. The van der Waals surface area contributed by atoms with Crippen molar-refractivity contribution in [2.75, 3.05) is 0 Å². The third-order valence-corrected chi connectivity index (χ3v) is 6.52. The van der Waals surface area contributed by atoms with Crippen LogP contribution in [0.2, 0.25) is 5.02 Å². The molecule has 0 bridgehead atoms. The lowest BCUT2D eigenvalue weighted by molar-refractivity contribution is -0.131. The van der Waals surface area contributed by atoms with E-state index in [1.165, 1.54) is 0 Å². The van der Waals surface area contributed by atoms with E-state index >= 15 is 0 Å². The summed E-state index contributed by atoms with van der Waals surface area (Å²) in [6.07, 6.45) is 7.94. The smallest absolute Gasteiger partial charge is 0.223 e. The first kappa shape index (κ1) is 21.2. The van der Waals surface area contributed by atoms with Gasteiger partial charge in [-0.05, 0) is 82.4 Å². The average Bonchev–Trinajstić information content (AvgIpc) is 2.60. The normalized spacial score (nSPS) is 27.6. The monoisotopic (exact) mass is 405 g/mol. The van der Waals surface area contributed by atoms with E-state index in [0.29, 0.717) is 16.7 Å². The molecule has 2 N–H and O–H groups in total. The van der Waals surface area contributed by atoms with Gasteiger partial charge in [0.05, 0.1) is 10.6 Å². The number of rotatable bonds is 7. The third kappa shape index (κ3) is 5.30. The standard InChI is InChI=1S/C23H32ClNO3/c1-4-5-15-6-11-20(24)21(12-15)28-19-13-16(14-19)22(26)25-18-9-7-17(8-10-18)23(2,3)27/h4,6,11-12,16-19,27H,1,5,7-10,13-14H2,2-3H3,(H,25,26)/t16-,17-,18-,19-. The van der Waals surface area contributed by atoms with Gasteiger partial charge in [-0.25, -0.2) is 0 Å².